The summed E-state index contributed by atoms with van der Waals surface area (Å²) < 4.78 is 10.1. The van der Waals surface area contributed by atoms with Gasteiger partial charge in [-0.15, -0.1) is 0 Å². The number of unbranched alkanes of at least 4 members (excludes halogenated alkanes) is 3. The molecule has 0 amide bonds. The molecular formula is C28H43O3Sn. The van der Waals surface area contributed by atoms with E-state index in [2.05, 4.69) is 20.8 Å². The molecule has 3 nitrogen and oxygen atoms in total. The van der Waals surface area contributed by atoms with Gasteiger partial charge in [-0.3, -0.25) is 0 Å². The van der Waals surface area contributed by atoms with Crippen molar-refractivity contribution in [2.24, 2.45) is 0 Å². The number of aliphatic hydroxyl groups excluding tert-OH is 2. The Morgan fingerprint density at radius 1 is 0.844 bits per heavy atom. The van der Waals surface area contributed by atoms with Gasteiger partial charge in [0, 0.05) is 5.56 Å². The molecule has 0 aliphatic rings. The van der Waals surface area contributed by atoms with Crippen LogP contribution < -0.4 is 4.74 Å². The molecule has 0 spiro atoms. The van der Waals surface area contributed by atoms with Gasteiger partial charge < -0.3 is 14.9 Å². The minimum Gasteiger partial charge on any atom is -0.508 e. The predicted octanol–water partition coefficient (Wildman–Crippen LogP) is 8.21. The van der Waals surface area contributed by atoms with Crippen LogP contribution in [0.2, 0.25) is 13.3 Å². The zero-order valence-corrected chi connectivity index (χ0v) is 23.4. The molecule has 0 bridgehead atoms. The second kappa shape index (κ2) is 18.0. The third-order valence-corrected chi connectivity index (χ3v) is 14.6. The monoisotopic (exact) mass is 547 g/mol. The second-order valence-corrected chi connectivity index (χ2v) is 16.8. The zero-order chi connectivity index (χ0) is 23.6. The minimum atomic E-state index is -0.839. The van der Waals surface area contributed by atoms with Crippen LogP contribution in [0.5, 0.6) is 5.75 Å². The van der Waals surface area contributed by atoms with E-state index in [1.807, 2.05) is 30.3 Å². The maximum atomic E-state index is 9.99. The van der Waals surface area contributed by atoms with E-state index in [-0.39, 0.29) is 5.76 Å². The van der Waals surface area contributed by atoms with Crippen molar-refractivity contribution in [2.75, 3.05) is 7.11 Å². The van der Waals surface area contributed by atoms with Crippen LogP contribution in [0.3, 0.4) is 0 Å². The summed E-state index contributed by atoms with van der Waals surface area (Å²) in [5, 5.41) is 20.0. The SMILES string of the molecule is CCC[CH2][Sn]([CH2]CCC)[CH2]CCC.COc1ccc(/C(O)=C/C(O)c2ccccc2)cc1. The molecule has 0 aliphatic carbocycles. The minimum absolute atomic E-state index is 0.0407. The Morgan fingerprint density at radius 3 is 1.78 bits per heavy atom. The van der Waals surface area contributed by atoms with E-state index in [9.17, 15) is 10.2 Å². The number of hydrogen-bond donors (Lipinski definition) is 2. The van der Waals surface area contributed by atoms with Crippen molar-refractivity contribution in [3.8, 4) is 5.75 Å². The fourth-order valence-corrected chi connectivity index (χ4v) is 12.9. The topological polar surface area (TPSA) is 49.7 Å². The molecule has 0 aromatic heterocycles. The molecular weight excluding hydrogens is 503 g/mol. The van der Waals surface area contributed by atoms with E-state index in [4.69, 9.17) is 4.74 Å². The molecule has 0 aliphatic heterocycles. The molecule has 4 heteroatoms. The first kappa shape index (κ1) is 28.6. The first-order valence-corrected chi connectivity index (χ1v) is 18.2. The van der Waals surface area contributed by atoms with Crippen LogP contribution in [0.4, 0.5) is 0 Å². The maximum absolute atomic E-state index is 9.99. The molecule has 177 valence electrons. The summed E-state index contributed by atoms with van der Waals surface area (Å²) in [4.78, 5) is 0. The van der Waals surface area contributed by atoms with Crippen molar-refractivity contribution in [1.82, 2.24) is 0 Å². The summed E-state index contributed by atoms with van der Waals surface area (Å²) in [6.45, 7) is 7.00. The Hall–Kier alpha value is -1.46. The smallest absolute Gasteiger partial charge is 0.121 e. The summed E-state index contributed by atoms with van der Waals surface area (Å²) in [6, 6.07) is 16.2. The van der Waals surface area contributed by atoms with Gasteiger partial charge in [0.05, 0.1) is 7.11 Å². The maximum Gasteiger partial charge on any atom is 0.121 e. The van der Waals surface area contributed by atoms with E-state index >= 15 is 0 Å². The molecule has 0 saturated carbocycles. The Labute approximate surface area is 203 Å². The molecule has 1 unspecified atom stereocenters. The van der Waals surface area contributed by atoms with Gasteiger partial charge in [-0.05, 0) is 35.9 Å². The van der Waals surface area contributed by atoms with Gasteiger partial charge in [0.2, 0.25) is 0 Å². The van der Waals surface area contributed by atoms with Gasteiger partial charge in [-0.25, -0.2) is 0 Å². The Kier molecular flexibility index (Phi) is 16.1. The van der Waals surface area contributed by atoms with Crippen molar-refractivity contribution in [3.63, 3.8) is 0 Å². The third-order valence-electron chi connectivity index (χ3n) is 5.49. The average Bonchev–Trinajstić information content (AvgIpc) is 2.84. The number of benzene rings is 2. The molecule has 0 heterocycles. The van der Waals surface area contributed by atoms with E-state index < -0.39 is 25.9 Å². The largest absolute Gasteiger partial charge is 0.508 e. The van der Waals surface area contributed by atoms with Gasteiger partial charge in [-0.1, -0.05) is 30.3 Å². The van der Waals surface area contributed by atoms with Crippen LogP contribution in [0.15, 0.2) is 60.7 Å². The zero-order valence-electron chi connectivity index (χ0n) is 20.5. The summed E-state index contributed by atoms with van der Waals surface area (Å²) in [5.74, 6) is 0.763. The van der Waals surface area contributed by atoms with Gasteiger partial charge in [0.25, 0.3) is 0 Å². The van der Waals surface area contributed by atoms with Crippen LogP contribution in [0.1, 0.15) is 76.5 Å². The van der Waals surface area contributed by atoms with Crippen LogP contribution in [-0.4, -0.2) is 37.1 Å². The van der Waals surface area contributed by atoms with Crippen molar-refractivity contribution in [2.45, 2.75) is 78.7 Å². The van der Waals surface area contributed by atoms with Crippen molar-refractivity contribution < 1.29 is 14.9 Å². The van der Waals surface area contributed by atoms with Gasteiger partial charge in [-0.2, -0.15) is 0 Å². The molecule has 32 heavy (non-hydrogen) atoms. The van der Waals surface area contributed by atoms with Crippen LogP contribution >= 0.6 is 0 Å². The normalized spacial score (nSPS) is 12.2. The van der Waals surface area contributed by atoms with Crippen LogP contribution in [0, 0.1) is 0 Å². The summed E-state index contributed by atoms with van der Waals surface area (Å²) in [7, 11) is 1.59. The number of ether oxygens (including phenoxy) is 1. The number of aliphatic hydroxyl groups is 2. The molecule has 0 saturated heterocycles. The molecule has 2 rings (SSSR count). The predicted molar refractivity (Wildman–Crippen MR) is 140 cm³/mol. The van der Waals surface area contributed by atoms with E-state index in [0.717, 1.165) is 11.3 Å². The number of methoxy groups -OCH3 is 1. The van der Waals surface area contributed by atoms with Gasteiger partial charge >= 0.3 is 92.4 Å². The number of rotatable bonds is 13. The first-order valence-electron chi connectivity index (χ1n) is 12.2. The standard InChI is InChI=1S/C16H16O3.3C4H9.Sn/c1-19-14-9-7-13(8-10-14)16(18)11-15(17)12-5-3-2-4-6-12;3*1-3-4-2;/h2-11,15,17-18H,1H3;3*1,3-4H2,2H3;/b16-11-;;;;. The number of hydrogen-bond acceptors (Lipinski definition) is 3. The molecule has 2 aromatic rings. The third kappa shape index (κ3) is 12.0. The molecule has 2 aromatic carbocycles. The van der Waals surface area contributed by atoms with E-state index in [1.165, 1.54) is 44.6 Å². The Bertz CT molecular complexity index is 709. The summed E-state index contributed by atoms with van der Waals surface area (Å²) in [6.07, 6.45) is 9.43. The van der Waals surface area contributed by atoms with Crippen molar-refractivity contribution in [1.29, 1.82) is 0 Å². The van der Waals surface area contributed by atoms with Gasteiger partial charge in [0.1, 0.15) is 17.6 Å². The quantitative estimate of drug-likeness (QED) is 0.197. The van der Waals surface area contributed by atoms with Gasteiger partial charge in [0.15, 0.2) is 0 Å². The Morgan fingerprint density at radius 2 is 1.34 bits per heavy atom. The Balaban J connectivity index is 0.000000347. The second-order valence-electron chi connectivity index (χ2n) is 8.20. The molecule has 1 atom stereocenters. The first-order chi connectivity index (χ1) is 15.5. The average molecular weight is 546 g/mol. The summed E-state index contributed by atoms with van der Waals surface area (Å²) >= 11 is -0.839. The van der Waals surface area contributed by atoms with Crippen LogP contribution in [0.25, 0.3) is 5.76 Å². The fraction of sp³-hybridized carbons (Fsp3) is 0.500. The molecule has 1 radical (unpaired) electrons. The van der Waals surface area contributed by atoms with E-state index in [1.54, 1.807) is 44.7 Å². The van der Waals surface area contributed by atoms with Crippen molar-refractivity contribution in [3.05, 3.63) is 71.8 Å². The fourth-order valence-electron chi connectivity index (χ4n) is 3.41. The van der Waals surface area contributed by atoms with Crippen molar-refractivity contribution >= 4 is 25.5 Å². The van der Waals surface area contributed by atoms with Crippen LogP contribution in [-0.2, 0) is 0 Å². The summed E-state index contributed by atoms with van der Waals surface area (Å²) in [5.41, 5.74) is 1.37. The molecule has 2 N–H and O–H groups in total. The molecule has 0 fully saturated rings. The van der Waals surface area contributed by atoms with E-state index in [0.29, 0.717) is 5.56 Å².